The predicted molar refractivity (Wildman–Crippen MR) is 225 cm³/mol. The standard InChI is InChI=1S/C33H49P.C8H10N.C5H12O.ClH.Pd/c1-23(2)26-21-30(24(3)4)33(31(22-26)25(5)6)29-19-13-14-20-32(29)34(27-15-9-7-10-16-27)28-17-11-8-12-18-28;9-7-6-8-4-2-1-3-5-8;1-5(2,3)6-4;;/h13-14,19-25,27-28H,7-12,15-18H2,1-6H3;1-4H,6-7,9H2;1-4H3;1H;/q;-1;;;+2/p-1. The van der Waals surface area contributed by atoms with Crippen LogP contribution in [-0.2, 0) is 29.3 Å². The van der Waals surface area contributed by atoms with Crippen molar-refractivity contribution in [2.45, 2.75) is 168 Å². The number of methoxy groups -OCH3 is 1. The maximum absolute atomic E-state index is 5.34. The molecule has 0 spiro atoms. The van der Waals surface area contributed by atoms with E-state index in [0.717, 1.165) is 17.7 Å². The Morgan fingerprint density at radius 2 is 1.24 bits per heavy atom. The first-order valence-electron chi connectivity index (χ1n) is 19.8. The number of halogens is 1. The summed E-state index contributed by atoms with van der Waals surface area (Å²) in [6.45, 7) is 21.1. The SMILES string of the molecule is CC(C)c1cc(C(C)C)c(-c2ccccc2P(C2CCCCC2)C2CCCCC2)c(C(C)C)c1.COC(C)(C)C.NCCc1[c-]cccc1.[Cl][Pd+]. The molecule has 3 aromatic carbocycles. The van der Waals surface area contributed by atoms with E-state index in [2.05, 4.69) is 112 Å². The Kier molecular flexibility index (Phi) is 22.1. The van der Waals surface area contributed by atoms with Crippen LogP contribution < -0.4 is 11.0 Å². The van der Waals surface area contributed by atoms with Crippen molar-refractivity contribution < 1.29 is 22.9 Å². The minimum absolute atomic E-state index is 0.0417. The van der Waals surface area contributed by atoms with E-state index in [-0.39, 0.29) is 13.5 Å². The molecule has 0 unspecified atom stereocenters. The fourth-order valence-electron chi connectivity index (χ4n) is 7.33. The van der Waals surface area contributed by atoms with Gasteiger partial charge in [-0.05, 0) is 122 Å². The summed E-state index contributed by atoms with van der Waals surface area (Å²) in [4.78, 5) is 0. The molecular weight excluding hydrogens is 755 g/mol. The molecule has 2 N–H and O–H groups in total. The quantitative estimate of drug-likeness (QED) is 0.132. The van der Waals surface area contributed by atoms with Crippen LogP contribution in [0.15, 0.2) is 60.7 Å². The van der Waals surface area contributed by atoms with Gasteiger partial charge in [0.05, 0.1) is 5.60 Å². The summed E-state index contributed by atoms with van der Waals surface area (Å²) in [7, 11) is 6.08. The molecule has 2 fully saturated rings. The third-order valence-electron chi connectivity index (χ3n) is 10.3. The van der Waals surface area contributed by atoms with Gasteiger partial charge in [-0.25, -0.2) is 0 Å². The van der Waals surface area contributed by atoms with Gasteiger partial charge in [0.15, 0.2) is 0 Å². The monoisotopic (exact) mass is 825 g/mol. The molecule has 2 nitrogen and oxygen atoms in total. The Morgan fingerprint density at radius 3 is 1.63 bits per heavy atom. The summed E-state index contributed by atoms with van der Waals surface area (Å²) in [5, 5.41) is 1.75. The maximum atomic E-state index is 5.34. The van der Waals surface area contributed by atoms with Crippen LogP contribution in [0.1, 0.15) is 167 Å². The second-order valence-electron chi connectivity index (χ2n) is 16.3. The van der Waals surface area contributed by atoms with Crippen LogP contribution in [0.5, 0.6) is 0 Å². The average Bonchev–Trinajstić information content (AvgIpc) is 3.14. The van der Waals surface area contributed by atoms with Crippen molar-refractivity contribution in [3.05, 3.63) is 89.0 Å². The molecule has 5 rings (SSSR count). The van der Waals surface area contributed by atoms with Crippen molar-refractivity contribution >= 4 is 22.8 Å². The summed E-state index contributed by atoms with van der Waals surface area (Å²) in [6.07, 6.45) is 15.5. The van der Waals surface area contributed by atoms with Gasteiger partial charge < -0.3 is 10.5 Å². The van der Waals surface area contributed by atoms with E-state index >= 15 is 0 Å². The fourth-order valence-corrected chi connectivity index (χ4v) is 11.3. The van der Waals surface area contributed by atoms with Gasteiger partial charge in [0, 0.05) is 7.11 Å². The molecule has 0 atom stereocenters. The molecule has 5 heteroatoms. The molecular formula is C46H71ClNOPPd. The summed E-state index contributed by atoms with van der Waals surface area (Å²) < 4.78 is 4.94. The Bertz CT molecular complexity index is 1310. The Labute approximate surface area is 331 Å². The van der Waals surface area contributed by atoms with Crippen LogP contribution in [-0.4, -0.2) is 30.6 Å². The second kappa shape index (κ2) is 24.4. The van der Waals surface area contributed by atoms with Gasteiger partial charge >= 0.3 is 27.7 Å². The zero-order chi connectivity index (χ0) is 38.0. The zero-order valence-electron chi connectivity index (χ0n) is 33.8. The van der Waals surface area contributed by atoms with E-state index in [1.165, 1.54) is 75.3 Å². The van der Waals surface area contributed by atoms with E-state index in [0.29, 0.717) is 24.3 Å². The number of benzene rings is 3. The van der Waals surface area contributed by atoms with Crippen LogP contribution >= 0.6 is 17.5 Å². The molecule has 288 valence electrons. The topological polar surface area (TPSA) is 35.2 Å². The van der Waals surface area contributed by atoms with Gasteiger partial charge in [0.2, 0.25) is 0 Å². The van der Waals surface area contributed by atoms with Gasteiger partial charge in [-0.3, -0.25) is 0 Å². The normalized spacial score (nSPS) is 15.6. The van der Waals surface area contributed by atoms with E-state index in [1.54, 1.807) is 34.7 Å². The van der Waals surface area contributed by atoms with Gasteiger partial charge in [0.1, 0.15) is 0 Å². The Hall–Kier alpha value is -1.04. The number of hydrogen-bond acceptors (Lipinski definition) is 2. The molecule has 0 saturated heterocycles. The molecule has 0 heterocycles. The third-order valence-corrected chi connectivity index (χ3v) is 13.9. The van der Waals surface area contributed by atoms with Crippen LogP contribution in [0, 0.1) is 6.07 Å². The van der Waals surface area contributed by atoms with Crippen molar-refractivity contribution in [1.29, 1.82) is 0 Å². The Morgan fingerprint density at radius 1 is 0.765 bits per heavy atom. The number of hydrogen-bond donors (Lipinski definition) is 1. The van der Waals surface area contributed by atoms with Crippen LogP contribution in [0.25, 0.3) is 11.1 Å². The van der Waals surface area contributed by atoms with Gasteiger partial charge in [-0.1, -0.05) is 124 Å². The van der Waals surface area contributed by atoms with Crippen LogP contribution in [0.3, 0.4) is 0 Å². The number of ether oxygens (including phenoxy) is 1. The summed E-state index contributed by atoms with van der Waals surface area (Å²) >= 11 is 2.22. The van der Waals surface area contributed by atoms with E-state index < -0.39 is 0 Å². The minimum atomic E-state index is -0.120. The fraction of sp³-hybridized carbons (Fsp3) is 0.609. The summed E-state index contributed by atoms with van der Waals surface area (Å²) in [6, 6.07) is 25.8. The molecule has 51 heavy (non-hydrogen) atoms. The predicted octanol–water partition coefficient (Wildman–Crippen LogP) is 13.6. The number of nitrogens with two attached hydrogens (primary N) is 1. The van der Waals surface area contributed by atoms with Crippen molar-refractivity contribution in [2.24, 2.45) is 5.73 Å². The molecule has 2 aliphatic carbocycles. The van der Waals surface area contributed by atoms with Gasteiger partial charge in [0.25, 0.3) is 0 Å². The molecule has 2 saturated carbocycles. The first-order valence-corrected chi connectivity index (χ1v) is 23.2. The van der Waals surface area contributed by atoms with Crippen molar-refractivity contribution in [1.82, 2.24) is 0 Å². The van der Waals surface area contributed by atoms with Crippen LogP contribution in [0.2, 0.25) is 0 Å². The summed E-state index contributed by atoms with van der Waals surface area (Å²) in [5.74, 6) is 1.64. The average molecular weight is 827 g/mol. The first kappa shape index (κ1) is 46.1. The first-order chi connectivity index (χ1) is 24.4. The summed E-state index contributed by atoms with van der Waals surface area (Å²) in [5.41, 5.74) is 16.3. The van der Waals surface area contributed by atoms with Gasteiger partial charge in [-0.15, -0.1) is 0 Å². The second-order valence-corrected chi connectivity index (χ2v) is 19.0. The molecule has 0 bridgehead atoms. The van der Waals surface area contributed by atoms with E-state index in [4.69, 9.17) is 10.5 Å². The molecule has 0 radical (unpaired) electrons. The van der Waals surface area contributed by atoms with E-state index in [1.807, 2.05) is 45.0 Å². The van der Waals surface area contributed by atoms with Crippen molar-refractivity contribution in [3.8, 4) is 11.1 Å². The van der Waals surface area contributed by atoms with Crippen LogP contribution in [0.4, 0.5) is 0 Å². The van der Waals surface area contributed by atoms with Crippen molar-refractivity contribution in [2.75, 3.05) is 13.7 Å². The van der Waals surface area contributed by atoms with Gasteiger partial charge in [-0.2, -0.15) is 35.9 Å². The Balaban J connectivity index is 0.000000437. The zero-order valence-corrected chi connectivity index (χ0v) is 37.0. The molecule has 0 aromatic heterocycles. The molecule has 2 aliphatic rings. The molecule has 0 aliphatic heterocycles. The van der Waals surface area contributed by atoms with E-state index in [9.17, 15) is 0 Å². The molecule has 3 aromatic rings. The molecule has 0 amide bonds. The third kappa shape index (κ3) is 15.3. The number of rotatable bonds is 9. The van der Waals surface area contributed by atoms with Crippen molar-refractivity contribution in [3.63, 3.8) is 0 Å².